The number of carboxylic acid groups (broad SMARTS) is 1. The lowest BCUT2D eigenvalue weighted by atomic mass is 10.2. The highest BCUT2D eigenvalue weighted by Crippen LogP contribution is 2.01. The molecule has 2 N–H and O–H groups in total. The second-order valence-electron chi connectivity index (χ2n) is 4.74. The van der Waals surface area contributed by atoms with Gasteiger partial charge < -0.3 is 15.2 Å². The number of rotatable bonds is 9. The number of carbonyl (C=O) groups is 2. The van der Waals surface area contributed by atoms with Gasteiger partial charge in [-0.1, -0.05) is 13.8 Å². The van der Waals surface area contributed by atoms with E-state index in [1.54, 1.807) is 7.11 Å². The van der Waals surface area contributed by atoms with Crippen LogP contribution < -0.4 is 5.32 Å². The van der Waals surface area contributed by atoms with E-state index in [2.05, 4.69) is 19.2 Å². The molecule has 1 atom stereocenters. The summed E-state index contributed by atoms with van der Waals surface area (Å²) in [6.45, 7) is 7.69. The van der Waals surface area contributed by atoms with Gasteiger partial charge in [-0.25, -0.2) is 4.79 Å². The minimum Gasteiger partial charge on any atom is -0.480 e. The van der Waals surface area contributed by atoms with Crippen LogP contribution in [0.4, 0.5) is 0 Å². The van der Waals surface area contributed by atoms with E-state index in [1.165, 1.54) is 6.92 Å². The van der Waals surface area contributed by atoms with Crippen LogP contribution in [-0.2, 0) is 14.3 Å². The molecule has 0 aliphatic carbocycles. The first kappa shape index (κ1) is 16.9. The first-order valence-electron chi connectivity index (χ1n) is 6.08. The summed E-state index contributed by atoms with van der Waals surface area (Å²) < 4.78 is 5.00. The van der Waals surface area contributed by atoms with E-state index in [4.69, 9.17) is 9.84 Å². The highest BCUT2D eigenvalue weighted by molar-refractivity contribution is 5.82. The van der Waals surface area contributed by atoms with E-state index in [1.807, 2.05) is 4.90 Å². The molecule has 0 radical (unpaired) electrons. The van der Waals surface area contributed by atoms with Gasteiger partial charge in [-0.15, -0.1) is 0 Å². The summed E-state index contributed by atoms with van der Waals surface area (Å²) in [4.78, 5) is 24.0. The predicted octanol–water partition coefficient (Wildman–Crippen LogP) is 0.180. The van der Waals surface area contributed by atoms with Crippen LogP contribution in [0.5, 0.6) is 0 Å². The van der Waals surface area contributed by atoms with Crippen molar-refractivity contribution in [3.05, 3.63) is 0 Å². The molecule has 1 unspecified atom stereocenters. The number of hydrogen-bond acceptors (Lipinski definition) is 4. The Morgan fingerprint density at radius 1 is 1.33 bits per heavy atom. The van der Waals surface area contributed by atoms with Gasteiger partial charge in [0, 0.05) is 33.7 Å². The lowest BCUT2D eigenvalue weighted by molar-refractivity contribution is -0.142. The minimum atomic E-state index is -1.02. The standard InChI is InChI=1S/C12H24N2O4/c1-9(2)7-14(5-6-18-4)8-11(12(16)17)13-10(3)15/h9,11H,5-8H2,1-4H3,(H,13,15)(H,16,17). The van der Waals surface area contributed by atoms with Gasteiger partial charge in [0.25, 0.3) is 0 Å². The molecule has 18 heavy (non-hydrogen) atoms. The van der Waals surface area contributed by atoms with E-state index in [9.17, 15) is 9.59 Å². The SMILES string of the molecule is COCCN(CC(C)C)CC(NC(C)=O)C(=O)O. The van der Waals surface area contributed by atoms with Gasteiger partial charge in [-0.3, -0.25) is 9.69 Å². The van der Waals surface area contributed by atoms with Gasteiger partial charge >= 0.3 is 5.97 Å². The molecule has 0 aromatic rings. The largest absolute Gasteiger partial charge is 0.480 e. The van der Waals surface area contributed by atoms with Crippen LogP contribution in [0.3, 0.4) is 0 Å². The highest BCUT2D eigenvalue weighted by Gasteiger charge is 2.22. The van der Waals surface area contributed by atoms with Gasteiger partial charge in [0.05, 0.1) is 6.61 Å². The summed E-state index contributed by atoms with van der Waals surface area (Å²) in [5, 5.41) is 11.5. The average molecular weight is 260 g/mol. The van der Waals surface area contributed by atoms with Gasteiger partial charge in [0.2, 0.25) is 5.91 Å². The lowest BCUT2D eigenvalue weighted by Gasteiger charge is -2.27. The molecule has 106 valence electrons. The number of carboxylic acids is 1. The Bertz CT molecular complexity index is 269. The first-order chi connectivity index (χ1) is 8.36. The van der Waals surface area contributed by atoms with Crippen molar-refractivity contribution in [1.29, 1.82) is 0 Å². The fourth-order valence-corrected chi connectivity index (χ4v) is 1.68. The molecule has 0 saturated carbocycles. The van der Waals surface area contributed by atoms with Crippen LogP contribution in [0.2, 0.25) is 0 Å². The monoisotopic (exact) mass is 260 g/mol. The second kappa shape index (κ2) is 8.88. The molecule has 0 aromatic carbocycles. The molecule has 0 aliphatic heterocycles. The average Bonchev–Trinajstić information content (AvgIpc) is 2.23. The van der Waals surface area contributed by atoms with Crippen molar-refractivity contribution in [3.63, 3.8) is 0 Å². The van der Waals surface area contributed by atoms with E-state index < -0.39 is 12.0 Å². The van der Waals surface area contributed by atoms with Crippen LogP contribution in [0.25, 0.3) is 0 Å². The zero-order chi connectivity index (χ0) is 14.1. The summed E-state index contributed by atoms with van der Waals surface area (Å²) >= 11 is 0. The molecular weight excluding hydrogens is 236 g/mol. The van der Waals surface area contributed by atoms with Gasteiger partial charge in [0.15, 0.2) is 0 Å². The first-order valence-corrected chi connectivity index (χ1v) is 6.08. The Kier molecular flexibility index (Phi) is 8.32. The summed E-state index contributed by atoms with van der Waals surface area (Å²) in [5.41, 5.74) is 0. The molecule has 0 saturated heterocycles. The minimum absolute atomic E-state index is 0.288. The molecule has 0 aromatic heterocycles. The molecule has 0 aliphatic rings. The number of nitrogens with zero attached hydrogens (tertiary/aromatic N) is 1. The van der Waals surface area contributed by atoms with Crippen molar-refractivity contribution in [2.75, 3.05) is 33.4 Å². The molecule has 0 heterocycles. The Morgan fingerprint density at radius 3 is 2.33 bits per heavy atom. The number of carbonyl (C=O) groups excluding carboxylic acids is 1. The molecule has 1 amide bonds. The van der Waals surface area contributed by atoms with E-state index in [-0.39, 0.29) is 12.5 Å². The summed E-state index contributed by atoms with van der Waals surface area (Å²) in [6, 6.07) is -0.877. The fourth-order valence-electron chi connectivity index (χ4n) is 1.68. The zero-order valence-corrected chi connectivity index (χ0v) is 11.6. The topological polar surface area (TPSA) is 78.9 Å². The number of amides is 1. The number of hydrogen-bond donors (Lipinski definition) is 2. The quantitative estimate of drug-likeness (QED) is 0.618. The van der Waals surface area contributed by atoms with E-state index in [0.29, 0.717) is 19.1 Å². The molecule has 0 bridgehead atoms. The van der Waals surface area contributed by atoms with Gasteiger partial charge in [-0.2, -0.15) is 0 Å². The maximum absolute atomic E-state index is 11.1. The molecule has 6 heteroatoms. The van der Waals surface area contributed by atoms with E-state index >= 15 is 0 Å². The predicted molar refractivity (Wildman–Crippen MR) is 68.4 cm³/mol. The van der Waals surface area contributed by atoms with Crippen LogP contribution >= 0.6 is 0 Å². The van der Waals surface area contributed by atoms with Crippen molar-refractivity contribution < 1.29 is 19.4 Å². The second-order valence-corrected chi connectivity index (χ2v) is 4.74. The summed E-state index contributed by atoms with van der Waals surface area (Å²) in [6.07, 6.45) is 0. The normalized spacial score (nSPS) is 12.8. The highest BCUT2D eigenvalue weighted by atomic mass is 16.5. The van der Waals surface area contributed by atoms with Crippen LogP contribution in [-0.4, -0.2) is 61.3 Å². The van der Waals surface area contributed by atoms with Crippen LogP contribution in [0, 0.1) is 5.92 Å². The maximum atomic E-state index is 11.1. The molecule has 0 fully saturated rings. The van der Waals surface area contributed by atoms with Crippen molar-refractivity contribution in [2.45, 2.75) is 26.8 Å². The number of aliphatic carboxylic acids is 1. The van der Waals surface area contributed by atoms with Crippen LogP contribution in [0.15, 0.2) is 0 Å². The molecular formula is C12H24N2O4. The third-order valence-electron chi connectivity index (χ3n) is 2.35. The van der Waals surface area contributed by atoms with Crippen LogP contribution in [0.1, 0.15) is 20.8 Å². The molecule has 6 nitrogen and oxygen atoms in total. The third kappa shape index (κ3) is 8.03. The summed E-state index contributed by atoms with van der Waals surface area (Å²) in [7, 11) is 1.61. The Morgan fingerprint density at radius 2 is 1.94 bits per heavy atom. The van der Waals surface area contributed by atoms with Gasteiger partial charge in [-0.05, 0) is 5.92 Å². The smallest absolute Gasteiger partial charge is 0.327 e. The van der Waals surface area contributed by atoms with Crippen molar-refractivity contribution in [1.82, 2.24) is 10.2 Å². The van der Waals surface area contributed by atoms with Crippen molar-refractivity contribution in [2.24, 2.45) is 5.92 Å². The Hall–Kier alpha value is -1.14. The fraction of sp³-hybridized carbons (Fsp3) is 0.833. The Labute approximate surface area is 108 Å². The number of methoxy groups -OCH3 is 1. The molecule has 0 rings (SSSR count). The van der Waals surface area contributed by atoms with E-state index in [0.717, 1.165) is 6.54 Å². The Balaban J connectivity index is 4.47. The van der Waals surface area contributed by atoms with Crippen molar-refractivity contribution >= 4 is 11.9 Å². The van der Waals surface area contributed by atoms with Crippen molar-refractivity contribution in [3.8, 4) is 0 Å². The molecule has 0 spiro atoms. The zero-order valence-electron chi connectivity index (χ0n) is 11.6. The number of ether oxygens (including phenoxy) is 1. The maximum Gasteiger partial charge on any atom is 0.327 e. The third-order valence-corrected chi connectivity index (χ3v) is 2.35. The van der Waals surface area contributed by atoms with Gasteiger partial charge in [0.1, 0.15) is 6.04 Å². The lowest BCUT2D eigenvalue weighted by Crippen LogP contribution is -2.49. The summed E-state index contributed by atoms with van der Waals surface area (Å²) in [5.74, 6) is -0.927. The number of nitrogens with one attached hydrogen (secondary N) is 1.